The van der Waals surface area contributed by atoms with E-state index in [0.717, 1.165) is 55.1 Å². The second kappa shape index (κ2) is 17.4. The topological polar surface area (TPSA) is 95.8 Å². The number of amides is 1. The number of allylic oxidation sites excluding steroid dienone is 3. The standard InChI is InChI=1S/C21H29N7O2.3C2H6/c1-15(4-3-8-22-2)18-13-24-28-11-7-19(26-20(18)28)27-10-6-16(14-27)25-21(29)30-17-5-9-23-12-17;3*1-2/h3-4,7-8,11,13,16-17,22-23H,5-6,9-10,12,14H2,1-2H3,(H,25,29);3*1-2H3/b8-3-,15-4+;;;. The quantitative estimate of drug-likeness (QED) is 0.498. The van der Waals surface area contributed by atoms with Gasteiger partial charge in [-0.1, -0.05) is 47.6 Å². The van der Waals surface area contributed by atoms with Crippen molar-refractivity contribution in [1.82, 2.24) is 30.5 Å². The summed E-state index contributed by atoms with van der Waals surface area (Å²) >= 11 is 0. The fourth-order valence-corrected chi connectivity index (χ4v) is 3.86. The van der Waals surface area contributed by atoms with Crippen LogP contribution in [0, 0.1) is 0 Å². The van der Waals surface area contributed by atoms with Crippen LogP contribution in [0.4, 0.5) is 10.6 Å². The van der Waals surface area contributed by atoms with Crippen LogP contribution in [0.25, 0.3) is 11.2 Å². The van der Waals surface area contributed by atoms with Gasteiger partial charge in [-0.25, -0.2) is 14.3 Å². The van der Waals surface area contributed by atoms with Gasteiger partial charge in [-0.2, -0.15) is 5.10 Å². The highest BCUT2D eigenvalue weighted by molar-refractivity contribution is 5.76. The number of ether oxygens (including phenoxy) is 1. The summed E-state index contributed by atoms with van der Waals surface area (Å²) in [6, 6.07) is 2.02. The van der Waals surface area contributed by atoms with Crippen LogP contribution in [0.1, 0.15) is 66.9 Å². The number of alkyl carbamates (subject to hydrolysis) is 1. The Balaban J connectivity index is 0.00000101. The summed E-state index contributed by atoms with van der Waals surface area (Å²) < 4.78 is 7.26. The zero-order chi connectivity index (χ0) is 26.9. The van der Waals surface area contributed by atoms with E-state index < -0.39 is 0 Å². The molecule has 0 aliphatic carbocycles. The number of nitrogens with zero attached hydrogens (tertiary/aromatic N) is 4. The predicted octanol–water partition coefficient (Wildman–Crippen LogP) is 4.61. The second-order valence-electron chi connectivity index (χ2n) is 7.71. The molecule has 2 fully saturated rings. The molecule has 202 valence electrons. The Morgan fingerprint density at radius 1 is 1.19 bits per heavy atom. The molecule has 4 rings (SSSR count). The second-order valence-corrected chi connectivity index (χ2v) is 7.71. The van der Waals surface area contributed by atoms with Crippen LogP contribution in [0.2, 0.25) is 0 Å². The molecule has 2 aliphatic heterocycles. The van der Waals surface area contributed by atoms with Gasteiger partial charge in [0.1, 0.15) is 11.9 Å². The number of carbonyl (C=O) groups excluding carboxylic acids is 1. The van der Waals surface area contributed by atoms with E-state index in [4.69, 9.17) is 9.72 Å². The van der Waals surface area contributed by atoms with E-state index in [0.29, 0.717) is 6.54 Å². The minimum atomic E-state index is -0.326. The molecule has 0 radical (unpaired) electrons. The van der Waals surface area contributed by atoms with Crippen LogP contribution < -0.4 is 20.9 Å². The van der Waals surface area contributed by atoms with Crippen molar-refractivity contribution in [1.29, 1.82) is 0 Å². The average molecular weight is 502 g/mol. The Kier molecular flexibility index (Phi) is 14.9. The Hall–Kier alpha value is -3.07. The fourth-order valence-electron chi connectivity index (χ4n) is 3.86. The maximum atomic E-state index is 12.1. The van der Waals surface area contributed by atoms with Crippen LogP contribution in [0.3, 0.4) is 0 Å². The molecule has 36 heavy (non-hydrogen) atoms. The van der Waals surface area contributed by atoms with Gasteiger partial charge in [-0.3, -0.25) is 0 Å². The highest BCUT2D eigenvalue weighted by atomic mass is 16.6. The van der Waals surface area contributed by atoms with Gasteiger partial charge in [0.2, 0.25) is 0 Å². The summed E-state index contributed by atoms with van der Waals surface area (Å²) in [5, 5.41) is 13.6. The molecule has 0 aromatic carbocycles. The van der Waals surface area contributed by atoms with Crippen molar-refractivity contribution in [2.45, 2.75) is 73.5 Å². The van der Waals surface area contributed by atoms with Crippen molar-refractivity contribution in [3.05, 3.63) is 42.4 Å². The Labute approximate surface area is 217 Å². The van der Waals surface area contributed by atoms with E-state index in [2.05, 4.69) is 25.9 Å². The number of rotatable bonds is 6. The van der Waals surface area contributed by atoms with Crippen molar-refractivity contribution in [3.63, 3.8) is 0 Å². The summed E-state index contributed by atoms with van der Waals surface area (Å²) in [4.78, 5) is 19.2. The molecule has 3 N–H and O–H groups in total. The molecule has 2 aromatic rings. The summed E-state index contributed by atoms with van der Waals surface area (Å²) in [5.74, 6) is 0.889. The van der Waals surface area contributed by atoms with E-state index >= 15 is 0 Å². The Morgan fingerprint density at radius 3 is 2.61 bits per heavy atom. The number of hydrogen-bond donors (Lipinski definition) is 3. The maximum absolute atomic E-state index is 12.1. The lowest BCUT2D eigenvalue weighted by molar-refractivity contribution is 0.105. The van der Waals surface area contributed by atoms with Crippen LogP contribution in [-0.4, -0.2) is 66.1 Å². The molecule has 1 amide bonds. The first-order valence-corrected chi connectivity index (χ1v) is 13.4. The van der Waals surface area contributed by atoms with Crippen molar-refractivity contribution in [2.24, 2.45) is 0 Å². The van der Waals surface area contributed by atoms with Gasteiger partial charge >= 0.3 is 6.09 Å². The van der Waals surface area contributed by atoms with E-state index in [-0.39, 0.29) is 18.2 Å². The third-order valence-electron chi connectivity index (χ3n) is 5.51. The van der Waals surface area contributed by atoms with Gasteiger partial charge in [-0.15, -0.1) is 0 Å². The minimum Gasteiger partial charge on any atom is -0.445 e. The lowest BCUT2D eigenvalue weighted by Crippen LogP contribution is -2.39. The fraction of sp³-hybridized carbons (Fsp3) is 0.593. The largest absolute Gasteiger partial charge is 0.445 e. The van der Waals surface area contributed by atoms with E-state index in [9.17, 15) is 4.79 Å². The molecule has 2 aromatic heterocycles. The van der Waals surface area contributed by atoms with Crippen LogP contribution in [0.5, 0.6) is 0 Å². The molecular formula is C27H47N7O2. The molecule has 2 unspecified atom stereocenters. The first-order chi connectivity index (χ1) is 17.6. The van der Waals surface area contributed by atoms with E-state index in [1.807, 2.05) is 92.3 Å². The van der Waals surface area contributed by atoms with Crippen LogP contribution in [-0.2, 0) is 4.74 Å². The normalized spacial score (nSPS) is 19.0. The highest BCUT2D eigenvalue weighted by Crippen LogP contribution is 2.23. The van der Waals surface area contributed by atoms with Gasteiger partial charge in [0.15, 0.2) is 5.65 Å². The van der Waals surface area contributed by atoms with Crippen molar-refractivity contribution in [2.75, 3.05) is 38.1 Å². The summed E-state index contributed by atoms with van der Waals surface area (Å²) in [7, 11) is 1.87. The van der Waals surface area contributed by atoms with Crippen molar-refractivity contribution in [3.8, 4) is 0 Å². The van der Waals surface area contributed by atoms with Gasteiger partial charge < -0.3 is 25.6 Å². The molecule has 0 spiro atoms. The SMILES string of the molecule is CC.CC.CC.CN/C=C\C=C(/C)c1cnn2ccc(N3CCC(NC(=O)OC4CCNC4)C3)nc12. The van der Waals surface area contributed by atoms with Gasteiger partial charge in [0, 0.05) is 38.4 Å². The number of aromatic nitrogens is 3. The number of hydrogen-bond acceptors (Lipinski definition) is 7. The zero-order valence-corrected chi connectivity index (χ0v) is 23.5. The van der Waals surface area contributed by atoms with Crippen molar-refractivity contribution >= 4 is 23.1 Å². The molecule has 9 heteroatoms. The molecule has 2 saturated heterocycles. The molecule has 2 atom stereocenters. The van der Waals surface area contributed by atoms with Crippen LogP contribution in [0.15, 0.2) is 36.8 Å². The lowest BCUT2D eigenvalue weighted by atomic mass is 10.1. The third-order valence-corrected chi connectivity index (χ3v) is 5.51. The molecule has 0 bridgehead atoms. The Morgan fingerprint density at radius 2 is 1.94 bits per heavy atom. The number of fused-ring (bicyclic) bond motifs is 1. The third kappa shape index (κ3) is 8.86. The smallest absolute Gasteiger partial charge is 0.407 e. The molecule has 9 nitrogen and oxygen atoms in total. The minimum absolute atomic E-state index is 0.0221. The molecule has 4 heterocycles. The lowest BCUT2D eigenvalue weighted by Gasteiger charge is -2.19. The van der Waals surface area contributed by atoms with Crippen LogP contribution >= 0.6 is 0 Å². The van der Waals surface area contributed by atoms with Gasteiger partial charge in [0.05, 0.1) is 12.2 Å². The highest BCUT2D eigenvalue weighted by Gasteiger charge is 2.27. The number of anilines is 1. The van der Waals surface area contributed by atoms with E-state index in [1.165, 1.54) is 0 Å². The van der Waals surface area contributed by atoms with Gasteiger partial charge in [-0.05, 0) is 50.2 Å². The van der Waals surface area contributed by atoms with Gasteiger partial charge in [0.25, 0.3) is 0 Å². The molecular weight excluding hydrogens is 454 g/mol. The molecule has 0 saturated carbocycles. The van der Waals surface area contributed by atoms with Crippen molar-refractivity contribution < 1.29 is 9.53 Å². The number of carbonyl (C=O) groups is 1. The average Bonchev–Trinajstić information content (AvgIpc) is 3.69. The first kappa shape index (κ1) is 31.0. The monoisotopic (exact) mass is 501 g/mol. The first-order valence-electron chi connectivity index (χ1n) is 13.4. The predicted molar refractivity (Wildman–Crippen MR) is 150 cm³/mol. The maximum Gasteiger partial charge on any atom is 0.407 e. The summed E-state index contributed by atoms with van der Waals surface area (Å²) in [6.07, 6.45) is 11.0. The summed E-state index contributed by atoms with van der Waals surface area (Å²) in [5.41, 5.74) is 2.91. The summed E-state index contributed by atoms with van der Waals surface area (Å²) in [6.45, 7) is 17.2. The zero-order valence-electron chi connectivity index (χ0n) is 23.5. The van der Waals surface area contributed by atoms with E-state index in [1.54, 1.807) is 4.52 Å². The molecule has 2 aliphatic rings. The number of nitrogens with one attached hydrogen (secondary N) is 3. The Bertz CT molecular complexity index is 949.